The minimum absolute atomic E-state index is 0.124. The van der Waals surface area contributed by atoms with E-state index in [2.05, 4.69) is 16.0 Å². The van der Waals surface area contributed by atoms with E-state index in [1.165, 1.54) is 12.8 Å². The molecular formula is C27H30N2O4. The maximum Gasteiger partial charge on any atom is 0.303 e. The first kappa shape index (κ1) is 22.6. The van der Waals surface area contributed by atoms with Crippen LogP contribution in [0.5, 0.6) is 11.5 Å². The van der Waals surface area contributed by atoms with Crippen molar-refractivity contribution in [3.05, 3.63) is 78.1 Å². The number of anilines is 2. The van der Waals surface area contributed by atoms with Crippen LogP contribution in [0.2, 0.25) is 0 Å². The molecule has 2 aromatic carbocycles. The molecule has 1 N–H and O–H groups in total. The number of hydrogen-bond donors (Lipinski definition) is 1. The lowest BCUT2D eigenvalue weighted by molar-refractivity contribution is -0.136. The lowest BCUT2D eigenvalue weighted by atomic mass is 10.1. The molecule has 0 bridgehead atoms. The third-order valence-electron chi connectivity index (χ3n) is 5.99. The summed E-state index contributed by atoms with van der Waals surface area (Å²) < 4.78 is 11.9. The van der Waals surface area contributed by atoms with Gasteiger partial charge in [0.2, 0.25) is 0 Å². The Kier molecular flexibility index (Phi) is 7.45. The van der Waals surface area contributed by atoms with Gasteiger partial charge in [-0.2, -0.15) is 0 Å². The largest absolute Gasteiger partial charge is 0.493 e. The first-order valence-corrected chi connectivity index (χ1v) is 11.4. The van der Waals surface area contributed by atoms with Gasteiger partial charge >= 0.3 is 5.97 Å². The first-order chi connectivity index (χ1) is 16.1. The summed E-state index contributed by atoms with van der Waals surface area (Å²) in [5.41, 5.74) is 4.09. The predicted octanol–water partition coefficient (Wildman–Crippen LogP) is 5.77. The quantitative estimate of drug-likeness (QED) is 0.426. The molecule has 0 saturated heterocycles. The number of aromatic nitrogens is 1. The van der Waals surface area contributed by atoms with E-state index < -0.39 is 5.97 Å². The van der Waals surface area contributed by atoms with Crippen LogP contribution in [0, 0.1) is 0 Å². The highest BCUT2D eigenvalue weighted by atomic mass is 16.5. The molecule has 1 aromatic heterocycles. The highest BCUT2D eigenvalue weighted by Crippen LogP contribution is 2.37. The van der Waals surface area contributed by atoms with Gasteiger partial charge in [0.05, 0.1) is 13.2 Å². The molecular weight excluding hydrogens is 416 g/mol. The molecule has 33 heavy (non-hydrogen) atoms. The van der Waals surface area contributed by atoms with Gasteiger partial charge in [0, 0.05) is 42.8 Å². The van der Waals surface area contributed by atoms with Crippen LogP contribution in [-0.2, 0) is 17.8 Å². The summed E-state index contributed by atoms with van der Waals surface area (Å²) in [4.78, 5) is 17.4. The van der Waals surface area contributed by atoms with Gasteiger partial charge in [-0.1, -0.05) is 18.2 Å². The van der Waals surface area contributed by atoms with Crippen LogP contribution in [0.25, 0.3) is 0 Å². The van der Waals surface area contributed by atoms with Gasteiger partial charge in [-0.05, 0) is 73.6 Å². The average Bonchev–Trinajstić information content (AvgIpc) is 3.35. The standard InChI is InChI=1S/C27H30N2O4/c1-32-25-14-13-23(17-26(25)33-24-6-2-3-7-24)29(19-21-5-4-16-28-18-21)22-11-8-20(9-12-22)10-15-27(30)31/h4-5,8-9,11-14,16-18,24H,2-3,6-7,10,15,19H2,1H3,(H,30,31). The second kappa shape index (κ2) is 10.9. The fourth-order valence-corrected chi connectivity index (χ4v) is 4.21. The van der Waals surface area contributed by atoms with Crippen LogP contribution in [-0.4, -0.2) is 29.3 Å². The number of rotatable bonds is 10. The fraction of sp³-hybridized carbons (Fsp3) is 0.333. The van der Waals surface area contributed by atoms with Gasteiger partial charge in [-0.25, -0.2) is 0 Å². The number of methoxy groups -OCH3 is 1. The molecule has 4 rings (SSSR count). The molecule has 0 amide bonds. The minimum atomic E-state index is -0.787. The van der Waals surface area contributed by atoms with Crippen molar-refractivity contribution in [2.45, 2.75) is 51.2 Å². The lowest BCUT2D eigenvalue weighted by Gasteiger charge is -2.27. The molecule has 6 heteroatoms. The third-order valence-corrected chi connectivity index (χ3v) is 5.99. The van der Waals surface area contributed by atoms with Crippen molar-refractivity contribution in [3.8, 4) is 11.5 Å². The number of carboxylic acids is 1. The van der Waals surface area contributed by atoms with Crippen LogP contribution in [0.4, 0.5) is 11.4 Å². The Labute approximate surface area is 194 Å². The summed E-state index contributed by atoms with van der Waals surface area (Å²) in [6, 6.07) is 18.1. The van der Waals surface area contributed by atoms with Crippen molar-refractivity contribution >= 4 is 17.3 Å². The summed E-state index contributed by atoms with van der Waals surface area (Å²) in [6.07, 6.45) is 9.06. The Hall–Kier alpha value is -3.54. The number of ether oxygens (including phenoxy) is 2. The molecule has 0 unspecified atom stereocenters. The molecule has 0 spiro atoms. The number of pyridine rings is 1. The SMILES string of the molecule is COc1ccc(N(Cc2cccnc2)c2ccc(CCC(=O)O)cc2)cc1OC1CCCC1. The zero-order chi connectivity index (χ0) is 23.0. The van der Waals surface area contributed by atoms with Crippen LogP contribution in [0.1, 0.15) is 43.2 Å². The van der Waals surface area contributed by atoms with Crippen molar-refractivity contribution in [3.63, 3.8) is 0 Å². The number of nitrogens with zero attached hydrogens (tertiary/aromatic N) is 2. The zero-order valence-electron chi connectivity index (χ0n) is 18.9. The number of aliphatic carboxylic acids is 1. The molecule has 172 valence electrons. The number of hydrogen-bond acceptors (Lipinski definition) is 5. The molecule has 0 atom stereocenters. The molecule has 0 radical (unpaired) electrons. The van der Waals surface area contributed by atoms with Gasteiger partial charge in [0.15, 0.2) is 11.5 Å². The topological polar surface area (TPSA) is 71.9 Å². The molecule has 1 aliphatic carbocycles. The van der Waals surface area contributed by atoms with Crippen LogP contribution in [0.3, 0.4) is 0 Å². The van der Waals surface area contributed by atoms with E-state index in [4.69, 9.17) is 14.6 Å². The van der Waals surface area contributed by atoms with E-state index in [9.17, 15) is 4.79 Å². The van der Waals surface area contributed by atoms with E-state index in [-0.39, 0.29) is 12.5 Å². The normalized spacial score (nSPS) is 13.6. The van der Waals surface area contributed by atoms with E-state index in [1.807, 2.05) is 54.7 Å². The summed E-state index contributed by atoms with van der Waals surface area (Å²) >= 11 is 0. The van der Waals surface area contributed by atoms with E-state index in [0.29, 0.717) is 13.0 Å². The van der Waals surface area contributed by atoms with Crippen molar-refractivity contribution in [2.24, 2.45) is 0 Å². The molecule has 1 heterocycles. The molecule has 0 aliphatic heterocycles. The van der Waals surface area contributed by atoms with Crippen molar-refractivity contribution in [2.75, 3.05) is 12.0 Å². The summed E-state index contributed by atoms with van der Waals surface area (Å²) in [7, 11) is 1.67. The van der Waals surface area contributed by atoms with E-state index >= 15 is 0 Å². The smallest absolute Gasteiger partial charge is 0.303 e. The maximum absolute atomic E-state index is 10.9. The van der Waals surface area contributed by atoms with Gasteiger partial charge in [0.25, 0.3) is 0 Å². The Bertz CT molecular complexity index is 1050. The van der Waals surface area contributed by atoms with Crippen LogP contribution < -0.4 is 14.4 Å². The molecule has 6 nitrogen and oxygen atoms in total. The van der Waals surface area contributed by atoms with E-state index in [1.54, 1.807) is 13.3 Å². The highest BCUT2D eigenvalue weighted by molar-refractivity contribution is 5.68. The first-order valence-electron chi connectivity index (χ1n) is 11.4. The highest BCUT2D eigenvalue weighted by Gasteiger charge is 2.20. The zero-order valence-corrected chi connectivity index (χ0v) is 18.9. The van der Waals surface area contributed by atoms with Gasteiger partial charge in [-0.3, -0.25) is 9.78 Å². The van der Waals surface area contributed by atoms with Gasteiger partial charge in [0.1, 0.15) is 0 Å². The Morgan fingerprint density at radius 2 is 1.79 bits per heavy atom. The summed E-state index contributed by atoms with van der Waals surface area (Å²) in [5.74, 6) is 0.706. The Balaban J connectivity index is 1.65. The number of carbonyl (C=O) groups is 1. The minimum Gasteiger partial charge on any atom is -0.493 e. The lowest BCUT2D eigenvalue weighted by Crippen LogP contribution is -2.17. The third kappa shape index (κ3) is 6.04. The summed E-state index contributed by atoms with van der Waals surface area (Å²) in [6.45, 7) is 0.636. The molecule has 1 saturated carbocycles. The maximum atomic E-state index is 10.9. The van der Waals surface area contributed by atoms with E-state index in [0.717, 1.165) is 46.8 Å². The summed E-state index contributed by atoms with van der Waals surface area (Å²) in [5, 5.41) is 8.96. The molecule has 1 fully saturated rings. The average molecular weight is 447 g/mol. The second-order valence-corrected chi connectivity index (χ2v) is 8.37. The van der Waals surface area contributed by atoms with Crippen LogP contribution >= 0.6 is 0 Å². The number of carboxylic acid groups (broad SMARTS) is 1. The predicted molar refractivity (Wildman–Crippen MR) is 128 cm³/mol. The monoisotopic (exact) mass is 446 g/mol. The van der Waals surface area contributed by atoms with Crippen molar-refractivity contribution in [1.29, 1.82) is 0 Å². The second-order valence-electron chi connectivity index (χ2n) is 8.37. The van der Waals surface area contributed by atoms with Crippen molar-refractivity contribution < 1.29 is 19.4 Å². The Morgan fingerprint density at radius 1 is 1.03 bits per heavy atom. The van der Waals surface area contributed by atoms with Crippen LogP contribution in [0.15, 0.2) is 67.0 Å². The van der Waals surface area contributed by atoms with Gasteiger partial charge in [-0.15, -0.1) is 0 Å². The molecule has 1 aliphatic rings. The fourth-order valence-electron chi connectivity index (χ4n) is 4.21. The number of aryl methyl sites for hydroxylation is 1. The molecule has 3 aromatic rings. The Morgan fingerprint density at radius 3 is 2.45 bits per heavy atom. The van der Waals surface area contributed by atoms with Gasteiger partial charge < -0.3 is 19.5 Å². The van der Waals surface area contributed by atoms with Crippen molar-refractivity contribution in [1.82, 2.24) is 4.98 Å². The number of benzene rings is 2.